The number of rotatable bonds is 4. The van der Waals surface area contributed by atoms with E-state index in [9.17, 15) is 0 Å². The van der Waals surface area contributed by atoms with Gasteiger partial charge in [0.05, 0.1) is 0 Å². The van der Waals surface area contributed by atoms with E-state index >= 15 is 0 Å². The molecule has 1 unspecified atom stereocenters. The lowest BCUT2D eigenvalue weighted by molar-refractivity contribution is 0.328. The SMILES string of the molecule is Cc1cnccc1NC(C)CN1CCCC1. The molecule has 1 saturated heterocycles. The second-order valence-corrected chi connectivity index (χ2v) is 4.74. The third-order valence-electron chi connectivity index (χ3n) is 3.15. The number of nitrogens with zero attached hydrogens (tertiary/aromatic N) is 2. The van der Waals surface area contributed by atoms with Crippen LogP contribution in [-0.2, 0) is 0 Å². The van der Waals surface area contributed by atoms with Crippen LogP contribution in [0.15, 0.2) is 18.5 Å². The molecule has 0 bridgehead atoms. The van der Waals surface area contributed by atoms with Crippen LogP contribution in [0, 0.1) is 6.92 Å². The Morgan fingerprint density at radius 1 is 1.44 bits per heavy atom. The number of likely N-dealkylation sites (tertiary alicyclic amines) is 1. The predicted molar refractivity (Wildman–Crippen MR) is 67.7 cm³/mol. The Balaban J connectivity index is 1.86. The van der Waals surface area contributed by atoms with Gasteiger partial charge in [-0.3, -0.25) is 4.98 Å². The van der Waals surface area contributed by atoms with Crippen LogP contribution >= 0.6 is 0 Å². The first-order chi connectivity index (χ1) is 7.75. The molecule has 0 amide bonds. The number of hydrogen-bond acceptors (Lipinski definition) is 3. The molecule has 3 heteroatoms. The first kappa shape index (κ1) is 11.4. The Labute approximate surface area is 97.9 Å². The molecule has 2 heterocycles. The molecule has 1 aromatic rings. The summed E-state index contributed by atoms with van der Waals surface area (Å²) >= 11 is 0. The molecular formula is C13H21N3. The highest BCUT2D eigenvalue weighted by Gasteiger charge is 2.14. The van der Waals surface area contributed by atoms with Gasteiger partial charge in [-0.15, -0.1) is 0 Å². The van der Waals surface area contributed by atoms with Crippen LogP contribution in [0.25, 0.3) is 0 Å². The van der Waals surface area contributed by atoms with E-state index in [0.29, 0.717) is 6.04 Å². The fourth-order valence-electron chi connectivity index (χ4n) is 2.30. The van der Waals surface area contributed by atoms with Crippen molar-refractivity contribution < 1.29 is 0 Å². The number of nitrogens with one attached hydrogen (secondary N) is 1. The van der Waals surface area contributed by atoms with Gasteiger partial charge in [-0.25, -0.2) is 0 Å². The zero-order valence-electron chi connectivity index (χ0n) is 10.2. The molecular weight excluding hydrogens is 198 g/mol. The van der Waals surface area contributed by atoms with Crippen LogP contribution in [0.4, 0.5) is 5.69 Å². The molecule has 0 saturated carbocycles. The molecule has 1 aliphatic rings. The summed E-state index contributed by atoms with van der Waals surface area (Å²) in [5.74, 6) is 0. The van der Waals surface area contributed by atoms with Gasteiger partial charge in [-0.2, -0.15) is 0 Å². The lowest BCUT2D eigenvalue weighted by atomic mass is 10.2. The Morgan fingerprint density at radius 3 is 2.88 bits per heavy atom. The number of hydrogen-bond donors (Lipinski definition) is 1. The lowest BCUT2D eigenvalue weighted by Gasteiger charge is -2.22. The Kier molecular flexibility index (Phi) is 3.78. The van der Waals surface area contributed by atoms with Crippen molar-refractivity contribution in [1.82, 2.24) is 9.88 Å². The van der Waals surface area contributed by atoms with Gasteiger partial charge >= 0.3 is 0 Å². The Morgan fingerprint density at radius 2 is 2.19 bits per heavy atom. The monoisotopic (exact) mass is 219 g/mol. The van der Waals surface area contributed by atoms with Crippen LogP contribution in [-0.4, -0.2) is 35.6 Å². The molecule has 1 aliphatic heterocycles. The van der Waals surface area contributed by atoms with Gasteiger partial charge < -0.3 is 10.2 Å². The van der Waals surface area contributed by atoms with Crippen molar-refractivity contribution in [3.8, 4) is 0 Å². The predicted octanol–water partition coefficient (Wildman–Crippen LogP) is 2.29. The van der Waals surface area contributed by atoms with Gasteiger partial charge in [0.1, 0.15) is 0 Å². The van der Waals surface area contributed by atoms with Crippen molar-refractivity contribution in [2.45, 2.75) is 32.7 Å². The van der Waals surface area contributed by atoms with Gasteiger partial charge in [-0.1, -0.05) is 0 Å². The Bertz CT molecular complexity index is 332. The molecule has 0 aromatic carbocycles. The number of anilines is 1. The zero-order valence-corrected chi connectivity index (χ0v) is 10.2. The second kappa shape index (κ2) is 5.30. The summed E-state index contributed by atoms with van der Waals surface area (Å²) in [7, 11) is 0. The first-order valence-electron chi connectivity index (χ1n) is 6.15. The summed E-state index contributed by atoms with van der Waals surface area (Å²) in [6.07, 6.45) is 6.48. The number of aromatic nitrogens is 1. The maximum absolute atomic E-state index is 4.11. The van der Waals surface area contributed by atoms with Crippen LogP contribution in [0.3, 0.4) is 0 Å². The molecule has 3 nitrogen and oxygen atoms in total. The highest BCUT2D eigenvalue weighted by Crippen LogP contribution is 2.14. The van der Waals surface area contributed by atoms with Crippen LogP contribution in [0.1, 0.15) is 25.3 Å². The molecule has 1 fully saturated rings. The highest BCUT2D eigenvalue weighted by atomic mass is 15.2. The molecule has 16 heavy (non-hydrogen) atoms. The standard InChI is InChI=1S/C13H21N3/c1-11-9-14-6-5-13(11)15-12(2)10-16-7-3-4-8-16/h5-6,9,12H,3-4,7-8,10H2,1-2H3,(H,14,15). The largest absolute Gasteiger partial charge is 0.381 e. The lowest BCUT2D eigenvalue weighted by Crippen LogP contribution is -2.33. The van der Waals surface area contributed by atoms with E-state index in [-0.39, 0.29) is 0 Å². The van der Waals surface area contributed by atoms with Crippen molar-refractivity contribution >= 4 is 5.69 Å². The van der Waals surface area contributed by atoms with E-state index in [0.717, 1.165) is 6.54 Å². The van der Waals surface area contributed by atoms with Crippen molar-refractivity contribution in [2.24, 2.45) is 0 Å². The summed E-state index contributed by atoms with van der Waals surface area (Å²) in [5, 5.41) is 3.56. The van der Waals surface area contributed by atoms with Crippen LogP contribution < -0.4 is 5.32 Å². The third kappa shape index (κ3) is 2.95. The summed E-state index contributed by atoms with van der Waals surface area (Å²) in [4.78, 5) is 6.64. The summed E-state index contributed by atoms with van der Waals surface area (Å²) in [6.45, 7) is 8.01. The highest BCUT2D eigenvalue weighted by molar-refractivity contribution is 5.49. The third-order valence-corrected chi connectivity index (χ3v) is 3.15. The maximum atomic E-state index is 4.11. The second-order valence-electron chi connectivity index (χ2n) is 4.74. The van der Waals surface area contributed by atoms with E-state index < -0.39 is 0 Å². The van der Waals surface area contributed by atoms with Gasteiger partial charge in [0.2, 0.25) is 0 Å². The average molecular weight is 219 g/mol. The molecule has 88 valence electrons. The minimum absolute atomic E-state index is 0.499. The van der Waals surface area contributed by atoms with E-state index in [1.165, 1.54) is 37.2 Å². The average Bonchev–Trinajstić information content (AvgIpc) is 2.74. The van der Waals surface area contributed by atoms with Gasteiger partial charge in [-0.05, 0) is 51.4 Å². The normalized spacial score (nSPS) is 18.6. The molecule has 0 radical (unpaired) electrons. The minimum atomic E-state index is 0.499. The van der Waals surface area contributed by atoms with Crippen molar-refractivity contribution in [1.29, 1.82) is 0 Å². The molecule has 1 N–H and O–H groups in total. The van der Waals surface area contributed by atoms with Crippen LogP contribution in [0.5, 0.6) is 0 Å². The number of aryl methyl sites for hydroxylation is 1. The summed E-state index contributed by atoms with van der Waals surface area (Å²) in [6, 6.07) is 2.55. The quantitative estimate of drug-likeness (QED) is 0.842. The van der Waals surface area contributed by atoms with Gasteiger partial charge in [0, 0.05) is 30.7 Å². The fourth-order valence-corrected chi connectivity index (χ4v) is 2.30. The molecule has 1 aromatic heterocycles. The van der Waals surface area contributed by atoms with Gasteiger partial charge in [0.25, 0.3) is 0 Å². The maximum Gasteiger partial charge on any atom is 0.0403 e. The van der Waals surface area contributed by atoms with Crippen molar-refractivity contribution in [3.05, 3.63) is 24.0 Å². The zero-order chi connectivity index (χ0) is 11.4. The minimum Gasteiger partial charge on any atom is -0.381 e. The number of pyridine rings is 1. The van der Waals surface area contributed by atoms with Crippen molar-refractivity contribution in [2.75, 3.05) is 25.0 Å². The fraction of sp³-hybridized carbons (Fsp3) is 0.615. The Hall–Kier alpha value is -1.09. The van der Waals surface area contributed by atoms with Crippen molar-refractivity contribution in [3.63, 3.8) is 0 Å². The van der Waals surface area contributed by atoms with E-state index in [1.807, 2.05) is 12.4 Å². The topological polar surface area (TPSA) is 28.2 Å². The van der Waals surface area contributed by atoms with Crippen LogP contribution in [0.2, 0.25) is 0 Å². The van der Waals surface area contributed by atoms with Gasteiger partial charge in [0.15, 0.2) is 0 Å². The summed E-state index contributed by atoms with van der Waals surface area (Å²) in [5.41, 5.74) is 2.43. The molecule has 0 spiro atoms. The smallest absolute Gasteiger partial charge is 0.0403 e. The van der Waals surface area contributed by atoms with E-state index in [2.05, 4.69) is 35.1 Å². The molecule has 0 aliphatic carbocycles. The van der Waals surface area contributed by atoms with E-state index in [4.69, 9.17) is 0 Å². The van der Waals surface area contributed by atoms with E-state index in [1.54, 1.807) is 0 Å². The first-order valence-corrected chi connectivity index (χ1v) is 6.15. The molecule has 1 atom stereocenters. The molecule has 2 rings (SSSR count). The summed E-state index contributed by atoms with van der Waals surface area (Å²) < 4.78 is 0.